The summed E-state index contributed by atoms with van der Waals surface area (Å²) in [6.45, 7) is 5.08. The van der Waals surface area contributed by atoms with Crippen LogP contribution in [0, 0.1) is 0 Å². The molecular weight excluding hydrogens is 269 g/mol. The van der Waals surface area contributed by atoms with Crippen molar-refractivity contribution in [2.45, 2.75) is 19.9 Å². The van der Waals surface area contributed by atoms with Crippen molar-refractivity contribution in [2.75, 3.05) is 6.54 Å². The predicted molar refractivity (Wildman–Crippen MR) is 75.7 cm³/mol. The monoisotopic (exact) mass is 283 g/mol. The molecule has 96 valence electrons. The Bertz CT molecular complexity index is 537. The van der Waals surface area contributed by atoms with Gasteiger partial charge in [0.25, 0.3) is 0 Å². The van der Waals surface area contributed by atoms with Crippen LogP contribution in [0.3, 0.4) is 0 Å². The van der Waals surface area contributed by atoms with Crippen molar-refractivity contribution < 1.29 is 0 Å². The first kappa shape index (κ1) is 13.4. The largest absolute Gasteiger partial charge is 0.310 e. The number of hydrogen-bond acceptors (Lipinski definition) is 2. The molecule has 0 saturated carbocycles. The van der Waals surface area contributed by atoms with Crippen LogP contribution in [0.25, 0.3) is 5.69 Å². The number of rotatable bonds is 4. The van der Waals surface area contributed by atoms with Crippen LogP contribution < -0.4 is 5.32 Å². The Hall–Kier alpha value is -1.03. The third kappa shape index (κ3) is 2.86. The van der Waals surface area contributed by atoms with E-state index in [2.05, 4.69) is 24.3 Å². The number of nitrogens with one attached hydrogen (secondary N) is 1. The molecule has 2 rings (SSSR count). The normalized spacial score (nSPS) is 12.7. The fourth-order valence-electron chi connectivity index (χ4n) is 1.87. The highest BCUT2D eigenvalue weighted by Gasteiger charge is 2.10. The van der Waals surface area contributed by atoms with Gasteiger partial charge in [-0.2, -0.15) is 5.10 Å². The average Bonchev–Trinajstić information content (AvgIpc) is 2.76. The third-order valence-electron chi connectivity index (χ3n) is 2.78. The summed E-state index contributed by atoms with van der Waals surface area (Å²) in [5, 5.41) is 8.82. The van der Waals surface area contributed by atoms with Crippen LogP contribution in [-0.4, -0.2) is 16.3 Å². The molecule has 18 heavy (non-hydrogen) atoms. The summed E-state index contributed by atoms with van der Waals surface area (Å²) in [6, 6.07) is 6.13. The maximum Gasteiger partial charge on any atom is 0.0790 e. The van der Waals surface area contributed by atoms with Gasteiger partial charge in [-0.15, -0.1) is 0 Å². The minimum atomic E-state index is 0.234. The number of aromatic nitrogens is 2. The minimum Gasteiger partial charge on any atom is -0.310 e. The van der Waals surface area contributed by atoms with Crippen molar-refractivity contribution in [2.24, 2.45) is 0 Å². The maximum atomic E-state index is 6.30. The minimum absolute atomic E-state index is 0.234. The molecule has 0 aliphatic carbocycles. The molecule has 0 saturated heterocycles. The van der Waals surface area contributed by atoms with E-state index in [1.54, 1.807) is 17.1 Å². The van der Waals surface area contributed by atoms with Gasteiger partial charge in [0.1, 0.15) is 0 Å². The van der Waals surface area contributed by atoms with E-state index in [1.807, 2.05) is 18.2 Å². The fraction of sp³-hybridized carbons (Fsp3) is 0.308. The Balaban J connectivity index is 2.30. The van der Waals surface area contributed by atoms with Gasteiger partial charge < -0.3 is 5.32 Å². The van der Waals surface area contributed by atoms with Crippen LogP contribution in [0.2, 0.25) is 10.0 Å². The van der Waals surface area contributed by atoms with Crippen molar-refractivity contribution in [3.8, 4) is 5.69 Å². The second kappa shape index (κ2) is 5.74. The smallest absolute Gasteiger partial charge is 0.0790 e. The van der Waals surface area contributed by atoms with Crippen LogP contribution in [0.1, 0.15) is 25.5 Å². The molecule has 1 heterocycles. The summed E-state index contributed by atoms with van der Waals surface area (Å²) in [4.78, 5) is 0. The van der Waals surface area contributed by atoms with E-state index < -0.39 is 0 Å². The van der Waals surface area contributed by atoms with Gasteiger partial charge in [0.2, 0.25) is 0 Å². The van der Waals surface area contributed by atoms with Crippen LogP contribution in [-0.2, 0) is 0 Å². The van der Waals surface area contributed by atoms with Crippen molar-refractivity contribution >= 4 is 23.2 Å². The van der Waals surface area contributed by atoms with E-state index in [4.69, 9.17) is 23.2 Å². The standard InChI is InChI=1S/C13H15Cl2N3/c1-3-16-9(2)12-5-4-11(6-13(12)15)18-8-10(14)7-17-18/h4-9,16H,3H2,1-2H3. The van der Waals surface area contributed by atoms with Gasteiger partial charge in [-0.1, -0.05) is 36.2 Å². The Morgan fingerprint density at radius 1 is 1.39 bits per heavy atom. The number of benzene rings is 1. The zero-order valence-electron chi connectivity index (χ0n) is 10.3. The summed E-state index contributed by atoms with van der Waals surface area (Å²) >= 11 is 12.1. The molecule has 1 unspecified atom stereocenters. The summed E-state index contributed by atoms with van der Waals surface area (Å²) in [6.07, 6.45) is 3.35. The molecule has 1 N–H and O–H groups in total. The van der Waals surface area contributed by atoms with E-state index in [0.29, 0.717) is 5.02 Å². The summed E-state index contributed by atoms with van der Waals surface area (Å²) in [5.41, 5.74) is 1.99. The van der Waals surface area contributed by atoms with E-state index in [-0.39, 0.29) is 6.04 Å². The Kier molecular flexibility index (Phi) is 4.27. The molecule has 3 nitrogen and oxygen atoms in total. The molecule has 0 aliphatic rings. The van der Waals surface area contributed by atoms with E-state index in [0.717, 1.165) is 22.8 Å². The van der Waals surface area contributed by atoms with Crippen LogP contribution >= 0.6 is 23.2 Å². The lowest BCUT2D eigenvalue weighted by atomic mass is 10.1. The Labute approximate surface area is 117 Å². The second-order valence-electron chi connectivity index (χ2n) is 4.09. The van der Waals surface area contributed by atoms with Crippen LogP contribution in [0.5, 0.6) is 0 Å². The lowest BCUT2D eigenvalue weighted by Gasteiger charge is -2.15. The van der Waals surface area contributed by atoms with E-state index in [1.165, 1.54) is 0 Å². The molecule has 1 atom stereocenters. The van der Waals surface area contributed by atoms with Crippen molar-refractivity contribution in [3.63, 3.8) is 0 Å². The number of halogens is 2. The molecule has 2 aromatic rings. The summed E-state index contributed by atoms with van der Waals surface area (Å²) < 4.78 is 1.70. The van der Waals surface area contributed by atoms with Gasteiger partial charge in [-0.25, -0.2) is 4.68 Å². The summed E-state index contributed by atoms with van der Waals surface area (Å²) in [5.74, 6) is 0. The van der Waals surface area contributed by atoms with Crippen LogP contribution in [0.15, 0.2) is 30.6 Å². The SMILES string of the molecule is CCNC(C)c1ccc(-n2cc(Cl)cn2)cc1Cl. The lowest BCUT2D eigenvalue weighted by Crippen LogP contribution is -2.18. The first-order chi connectivity index (χ1) is 8.61. The van der Waals surface area contributed by atoms with Gasteiger partial charge in [-0.3, -0.25) is 0 Å². The van der Waals surface area contributed by atoms with Crippen molar-refractivity contribution in [3.05, 3.63) is 46.2 Å². The first-order valence-corrected chi connectivity index (χ1v) is 6.60. The van der Waals surface area contributed by atoms with Crippen molar-refractivity contribution in [1.29, 1.82) is 0 Å². The number of hydrogen-bond donors (Lipinski definition) is 1. The Morgan fingerprint density at radius 3 is 2.72 bits per heavy atom. The molecular formula is C13H15Cl2N3. The first-order valence-electron chi connectivity index (χ1n) is 5.85. The molecule has 0 fully saturated rings. The van der Waals surface area contributed by atoms with Crippen molar-refractivity contribution in [1.82, 2.24) is 15.1 Å². The quantitative estimate of drug-likeness (QED) is 0.924. The highest BCUT2D eigenvalue weighted by molar-refractivity contribution is 6.31. The molecule has 1 aromatic carbocycles. The van der Waals surface area contributed by atoms with Gasteiger partial charge in [0, 0.05) is 17.3 Å². The van der Waals surface area contributed by atoms with Gasteiger partial charge >= 0.3 is 0 Å². The van der Waals surface area contributed by atoms with Crippen LogP contribution in [0.4, 0.5) is 0 Å². The topological polar surface area (TPSA) is 29.9 Å². The third-order valence-corrected chi connectivity index (χ3v) is 3.30. The van der Waals surface area contributed by atoms with Gasteiger partial charge in [-0.05, 0) is 31.2 Å². The molecule has 0 bridgehead atoms. The Morgan fingerprint density at radius 2 is 2.17 bits per heavy atom. The highest BCUT2D eigenvalue weighted by atomic mass is 35.5. The molecule has 1 aromatic heterocycles. The zero-order chi connectivity index (χ0) is 13.1. The molecule has 0 amide bonds. The zero-order valence-corrected chi connectivity index (χ0v) is 11.8. The molecule has 0 radical (unpaired) electrons. The second-order valence-corrected chi connectivity index (χ2v) is 4.93. The number of nitrogens with zero attached hydrogens (tertiary/aromatic N) is 2. The predicted octanol–water partition coefficient (Wildman–Crippen LogP) is 3.85. The fourth-order valence-corrected chi connectivity index (χ4v) is 2.34. The molecule has 0 spiro atoms. The van der Waals surface area contributed by atoms with Gasteiger partial charge in [0.05, 0.1) is 16.9 Å². The lowest BCUT2D eigenvalue weighted by molar-refractivity contribution is 0.598. The maximum absolute atomic E-state index is 6.30. The molecule has 5 heteroatoms. The highest BCUT2D eigenvalue weighted by Crippen LogP contribution is 2.25. The van der Waals surface area contributed by atoms with E-state index in [9.17, 15) is 0 Å². The van der Waals surface area contributed by atoms with E-state index >= 15 is 0 Å². The summed E-state index contributed by atoms with van der Waals surface area (Å²) in [7, 11) is 0. The average molecular weight is 284 g/mol. The molecule has 0 aliphatic heterocycles. The van der Waals surface area contributed by atoms with Gasteiger partial charge in [0.15, 0.2) is 0 Å².